The number of rotatable bonds is 25. The first-order chi connectivity index (χ1) is 73.1. The van der Waals surface area contributed by atoms with Crippen molar-refractivity contribution in [1.29, 1.82) is 0 Å². The summed E-state index contributed by atoms with van der Waals surface area (Å²) in [6, 6.07) is 132. The molecule has 20 aromatic rings. The summed E-state index contributed by atoms with van der Waals surface area (Å²) in [7, 11) is 0. The van der Waals surface area contributed by atoms with Crippen LogP contribution in [-0.2, 0) is 0 Å². The molecule has 20 aromatic carbocycles. The van der Waals surface area contributed by atoms with Crippen LogP contribution in [0.3, 0.4) is 0 Å². The molecule has 150 heavy (non-hydrogen) atoms. The molecule has 2 atom stereocenters. The molecule has 4 nitrogen and oxygen atoms in total. The maximum Gasteiger partial charge on any atom is 0.0543 e. The van der Waals surface area contributed by atoms with E-state index in [4.69, 9.17) is 0 Å². The van der Waals surface area contributed by atoms with Gasteiger partial charge in [0.15, 0.2) is 0 Å². The van der Waals surface area contributed by atoms with Gasteiger partial charge >= 0.3 is 0 Å². The van der Waals surface area contributed by atoms with Gasteiger partial charge in [0.25, 0.3) is 0 Å². The summed E-state index contributed by atoms with van der Waals surface area (Å²) < 4.78 is 0. The summed E-state index contributed by atoms with van der Waals surface area (Å²) in [4.78, 5) is 10.9. The highest BCUT2D eigenvalue weighted by Gasteiger charge is 2.37. The minimum atomic E-state index is 0.203. The molecular formula is C146H146N4. The van der Waals surface area contributed by atoms with Crippen LogP contribution in [0.15, 0.2) is 334 Å². The van der Waals surface area contributed by atoms with Crippen LogP contribution in [0.25, 0.3) is 109 Å². The molecule has 0 bridgehead atoms. The standard InChI is InChI=1S/C146H146N4/c1-89(2)131-86-136(148(114-56-36-52-110(82-114)102-41-29-30-42-102)144-94(10)62-70-118(98(144)14)105-47-25-19-26-48-105)127-77-73-124-133(91(5)6)87-137(129-79-74-123(131)139(127)140(124)129)149(115-57-37-53-111(83-115)103-43-31-32-44-103)146-96(12)64-72-120(100(146)16)107-65-67-108(68-66-107)121-59-33-34-60-122(121)112-54-38-58-116(84-112)150(145-95(11)63-71-119(99(145)15)106-49-27-20-28-50-106)138-88-134(92(7)8)126-75-78-128-135(85-132(90(3)4)125-76-80-130(138)142(126)141(125)128)147(113-55-35-51-109(81-113)101-39-21-17-22-40-101)143-93(9)61-69-117(97(143)13)104-45-23-18-24-46-104/h18-20,23-28,35-38,45-58,61-92,101-103,121-122H,17,21-22,29-34,39-44,59-60H2,1-16H3. The number of benzene rings is 20. The lowest BCUT2D eigenvalue weighted by molar-refractivity contribution is 0.386. The van der Waals surface area contributed by atoms with Crippen LogP contribution in [0, 0.1) is 55.4 Å². The SMILES string of the molecule is Cc1ccc(-c2ccccc2)c(C)c1N(c1cccc(C2CCCCC2)c1)c1cc(C(C)C)c2ccc3c(N(c4cccc(C5CCCCC5c5ccc(-c6ccc(C)c(N(c7cccc(C8CCCC8)c7)c7cc(C(C)C)c8ccc9c(N(c%10cccc(C%11CCCC%11)c%10)c%10c(C)ccc(-c%11ccccc%11)c%10C)cc(C(C)C)c%10ccc7c8c%109)c6C)cc5)c4)c4c(C)ccc(-c5ccccc5)c4C)cc(C(C)C)c4ccc1c2c43. The van der Waals surface area contributed by atoms with Gasteiger partial charge in [-0.15, -0.1) is 0 Å². The van der Waals surface area contributed by atoms with E-state index < -0.39 is 0 Å². The van der Waals surface area contributed by atoms with Crippen molar-refractivity contribution in [2.45, 2.75) is 273 Å². The zero-order chi connectivity index (χ0) is 103. The Balaban J connectivity index is 0.645. The fourth-order valence-electron chi connectivity index (χ4n) is 28.5. The van der Waals surface area contributed by atoms with Crippen molar-refractivity contribution < 1.29 is 0 Å². The number of aryl methyl sites for hydroxylation is 4. The Labute approximate surface area is 892 Å². The third-order valence-corrected chi connectivity index (χ3v) is 36.1. The van der Waals surface area contributed by atoms with Gasteiger partial charge in [-0.05, 0) is 415 Å². The second-order valence-electron chi connectivity index (χ2n) is 46.6. The second kappa shape index (κ2) is 40.5. The maximum atomic E-state index is 2.74. The first kappa shape index (κ1) is 97.7. The number of nitrogens with zero attached hydrogens (tertiary/aromatic N) is 4. The molecule has 24 rings (SSSR count). The fraction of sp³-hybridized carbons (Fsp3) is 0.288. The molecular weight excluding hydrogens is 1810 g/mol. The monoisotopic (exact) mass is 1960 g/mol. The van der Waals surface area contributed by atoms with Crippen molar-refractivity contribution in [2.75, 3.05) is 19.6 Å². The lowest BCUT2D eigenvalue weighted by Gasteiger charge is -2.35. The normalized spacial score (nSPS) is 15.6. The van der Waals surface area contributed by atoms with Crippen LogP contribution in [0.1, 0.15) is 312 Å². The van der Waals surface area contributed by atoms with E-state index in [1.165, 1.54) is 368 Å². The van der Waals surface area contributed by atoms with Gasteiger partial charge in [-0.25, -0.2) is 0 Å². The molecule has 0 aromatic heterocycles. The predicted octanol–water partition coefficient (Wildman–Crippen LogP) is 43.8. The lowest BCUT2D eigenvalue weighted by Crippen LogP contribution is -2.18. The molecule has 0 saturated heterocycles. The number of hydrogen-bond acceptors (Lipinski definition) is 4. The zero-order valence-electron chi connectivity index (χ0n) is 91.3. The van der Waals surface area contributed by atoms with Crippen LogP contribution < -0.4 is 19.6 Å². The van der Waals surface area contributed by atoms with E-state index in [-0.39, 0.29) is 29.6 Å². The summed E-state index contributed by atoms with van der Waals surface area (Å²) in [5.74, 6) is 3.10. The second-order valence-corrected chi connectivity index (χ2v) is 46.6. The van der Waals surface area contributed by atoms with Gasteiger partial charge in [-0.3, -0.25) is 0 Å². The summed E-state index contributed by atoms with van der Waals surface area (Å²) in [5, 5.41) is 15.8. The Bertz CT molecular complexity index is 8480. The lowest BCUT2D eigenvalue weighted by atomic mass is 9.72. The van der Waals surface area contributed by atoms with Gasteiger partial charge in [0.1, 0.15) is 0 Å². The van der Waals surface area contributed by atoms with Crippen LogP contribution in [0.2, 0.25) is 0 Å². The van der Waals surface area contributed by atoms with Crippen molar-refractivity contribution in [3.05, 3.63) is 428 Å². The molecule has 2 unspecified atom stereocenters. The van der Waals surface area contributed by atoms with Crippen molar-refractivity contribution in [2.24, 2.45) is 0 Å². The first-order valence-electron chi connectivity index (χ1n) is 56.9. The average Bonchev–Trinajstić information content (AvgIpc) is 0.738. The fourth-order valence-corrected chi connectivity index (χ4v) is 28.5. The Morgan fingerprint density at radius 2 is 0.427 bits per heavy atom. The minimum absolute atomic E-state index is 0.203. The average molecular weight is 1960 g/mol. The van der Waals surface area contributed by atoms with Gasteiger partial charge in [0, 0.05) is 44.3 Å². The van der Waals surface area contributed by atoms with Crippen molar-refractivity contribution in [3.63, 3.8) is 0 Å². The van der Waals surface area contributed by atoms with E-state index in [1.54, 1.807) is 0 Å². The van der Waals surface area contributed by atoms with Gasteiger partial charge in [-0.2, -0.15) is 0 Å². The van der Waals surface area contributed by atoms with Gasteiger partial charge in [0.05, 0.1) is 45.5 Å². The molecule has 0 heterocycles. The van der Waals surface area contributed by atoms with E-state index >= 15 is 0 Å². The molecule has 4 saturated carbocycles. The third kappa shape index (κ3) is 17.3. The van der Waals surface area contributed by atoms with Crippen LogP contribution in [0.5, 0.6) is 0 Å². The highest BCUT2D eigenvalue weighted by atomic mass is 15.2. The number of anilines is 12. The molecule has 4 aliphatic rings. The Kier molecular flexibility index (Phi) is 26.4. The molecule has 0 spiro atoms. The van der Waals surface area contributed by atoms with Gasteiger partial charge in [0.2, 0.25) is 0 Å². The molecule has 0 radical (unpaired) electrons. The van der Waals surface area contributed by atoms with E-state index in [0.717, 1.165) is 12.8 Å². The van der Waals surface area contributed by atoms with Gasteiger partial charge in [-0.1, -0.05) is 374 Å². The van der Waals surface area contributed by atoms with E-state index in [9.17, 15) is 0 Å². The molecule has 4 fully saturated rings. The first-order valence-corrected chi connectivity index (χ1v) is 56.9. The van der Waals surface area contributed by atoms with Crippen LogP contribution in [-0.4, -0.2) is 0 Å². The minimum Gasteiger partial charge on any atom is -0.309 e. The number of hydrogen-bond donors (Lipinski definition) is 0. The smallest absolute Gasteiger partial charge is 0.0543 e. The highest BCUT2D eigenvalue weighted by Crippen LogP contribution is 2.60. The molecule has 750 valence electrons. The third-order valence-electron chi connectivity index (χ3n) is 36.1. The Morgan fingerprint density at radius 1 is 0.193 bits per heavy atom. The summed E-state index contributed by atoms with van der Waals surface area (Å²) in [6.45, 7) is 38.4. The topological polar surface area (TPSA) is 13.0 Å². The summed E-state index contributed by atoms with van der Waals surface area (Å²) in [5.41, 5.74) is 47.5. The van der Waals surface area contributed by atoms with Gasteiger partial charge < -0.3 is 19.6 Å². The quantitative estimate of drug-likeness (QED) is 0.0529. The Hall–Kier alpha value is -14.3. The molecule has 0 aliphatic heterocycles. The maximum absolute atomic E-state index is 2.74. The van der Waals surface area contributed by atoms with E-state index in [1.807, 2.05) is 0 Å². The van der Waals surface area contributed by atoms with Crippen molar-refractivity contribution in [1.82, 2.24) is 0 Å². The van der Waals surface area contributed by atoms with Crippen molar-refractivity contribution >= 4 is 133 Å². The van der Waals surface area contributed by atoms with Crippen LogP contribution in [0.4, 0.5) is 68.2 Å². The molecule has 4 aliphatic carbocycles. The molecule has 0 N–H and O–H groups in total. The predicted molar refractivity (Wildman–Crippen MR) is 647 cm³/mol. The zero-order valence-corrected chi connectivity index (χ0v) is 91.3. The molecule has 0 amide bonds. The molecule has 4 heteroatoms. The van der Waals surface area contributed by atoms with E-state index in [2.05, 4.69) is 464 Å². The van der Waals surface area contributed by atoms with E-state index in [0.29, 0.717) is 23.7 Å². The highest BCUT2D eigenvalue weighted by molar-refractivity contribution is 6.32. The Morgan fingerprint density at radius 3 is 0.700 bits per heavy atom. The van der Waals surface area contributed by atoms with Crippen LogP contribution >= 0.6 is 0 Å². The van der Waals surface area contributed by atoms with Crippen molar-refractivity contribution in [3.8, 4) is 44.5 Å². The largest absolute Gasteiger partial charge is 0.309 e. The summed E-state index contributed by atoms with van der Waals surface area (Å²) in [6.07, 6.45) is 21.1. The summed E-state index contributed by atoms with van der Waals surface area (Å²) >= 11 is 0.